The number of carbonyl (C=O) groups excluding carboxylic acids is 2. The molecule has 0 fully saturated rings. The van der Waals surface area contributed by atoms with Gasteiger partial charge in [-0.1, -0.05) is 19.9 Å². The van der Waals surface area contributed by atoms with Gasteiger partial charge in [0.15, 0.2) is 0 Å². The van der Waals surface area contributed by atoms with Gasteiger partial charge in [0.05, 0.1) is 6.61 Å². The van der Waals surface area contributed by atoms with Crippen LogP contribution in [0.2, 0.25) is 0 Å². The van der Waals surface area contributed by atoms with Crippen LogP contribution in [0.4, 0.5) is 16.2 Å². The highest BCUT2D eigenvalue weighted by Crippen LogP contribution is 2.17. The highest BCUT2D eigenvalue weighted by molar-refractivity contribution is 5.94. The van der Waals surface area contributed by atoms with Crippen LogP contribution in [0, 0.1) is 5.92 Å². The molecule has 0 bridgehead atoms. The number of hydrogen-bond acceptors (Lipinski definition) is 5. The summed E-state index contributed by atoms with van der Waals surface area (Å²) in [5.41, 5.74) is 1.10. The molecule has 8 nitrogen and oxygen atoms in total. The molecule has 0 saturated carbocycles. The first-order valence-corrected chi connectivity index (χ1v) is 7.64. The Morgan fingerprint density at radius 3 is 2.54 bits per heavy atom. The molecule has 1 atom stereocenters. The molecule has 1 aromatic carbocycles. The maximum atomic E-state index is 12.2. The lowest BCUT2D eigenvalue weighted by molar-refractivity contribution is -0.119. The van der Waals surface area contributed by atoms with E-state index in [1.54, 1.807) is 31.2 Å². The predicted octanol–water partition coefficient (Wildman–Crippen LogP) is 2.68. The lowest BCUT2D eigenvalue weighted by Crippen LogP contribution is -2.24. The summed E-state index contributed by atoms with van der Waals surface area (Å²) in [6, 6.07) is 6.33. The van der Waals surface area contributed by atoms with Gasteiger partial charge in [0.25, 0.3) is 0 Å². The highest BCUT2D eigenvalue weighted by atomic mass is 16.5. The monoisotopic (exact) mass is 331 g/mol. The van der Waals surface area contributed by atoms with Crippen molar-refractivity contribution in [2.24, 2.45) is 5.92 Å². The Kier molecular flexibility index (Phi) is 5.89. The van der Waals surface area contributed by atoms with Crippen molar-refractivity contribution in [1.82, 2.24) is 14.8 Å². The van der Waals surface area contributed by atoms with Crippen molar-refractivity contribution in [2.45, 2.75) is 26.8 Å². The second-order valence-electron chi connectivity index (χ2n) is 5.74. The smallest absolute Gasteiger partial charge is 0.411 e. The second kappa shape index (κ2) is 8.09. The molecule has 24 heavy (non-hydrogen) atoms. The van der Waals surface area contributed by atoms with Crippen LogP contribution in [-0.4, -0.2) is 33.4 Å². The number of benzene rings is 1. The Hall–Kier alpha value is -2.90. The van der Waals surface area contributed by atoms with Gasteiger partial charge in [-0.2, -0.15) is 5.10 Å². The van der Waals surface area contributed by atoms with Gasteiger partial charge in [0, 0.05) is 11.4 Å². The fourth-order valence-corrected chi connectivity index (χ4v) is 1.86. The van der Waals surface area contributed by atoms with Gasteiger partial charge in [-0.05, 0) is 31.0 Å². The Morgan fingerprint density at radius 1 is 1.21 bits per heavy atom. The fourth-order valence-electron chi connectivity index (χ4n) is 1.86. The number of ether oxygens (including phenoxy) is 1. The van der Waals surface area contributed by atoms with Gasteiger partial charge in [-0.15, -0.1) is 0 Å². The number of nitrogens with one attached hydrogen (secondary N) is 2. The molecule has 0 radical (unpaired) electrons. The number of amides is 2. The third-order valence-corrected chi connectivity index (χ3v) is 3.14. The Balaban J connectivity index is 1.95. The van der Waals surface area contributed by atoms with E-state index in [0.29, 0.717) is 18.0 Å². The van der Waals surface area contributed by atoms with Crippen molar-refractivity contribution in [1.29, 1.82) is 0 Å². The molecule has 1 aromatic heterocycles. The molecule has 1 heterocycles. The summed E-state index contributed by atoms with van der Waals surface area (Å²) in [7, 11) is 0. The molecule has 8 heteroatoms. The zero-order valence-electron chi connectivity index (χ0n) is 13.9. The molecule has 0 spiro atoms. The minimum absolute atomic E-state index is 0.236. The lowest BCUT2D eigenvalue weighted by Gasteiger charge is -2.13. The molecule has 0 aliphatic rings. The maximum absolute atomic E-state index is 12.2. The molecule has 0 saturated heterocycles. The average molecular weight is 331 g/mol. The van der Waals surface area contributed by atoms with Crippen LogP contribution in [0.5, 0.6) is 0 Å². The molecular formula is C16H21N5O3. The number of rotatable bonds is 6. The van der Waals surface area contributed by atoms with E-state index in [-0.39, 0.29) is 11.8 Å². The van der Waals surface area contributed by atoms with E-state index in [0.717, 1.165) is 0 Å². The first-order valence-electron chi connectivity index (χ1n) is 7.64. The maximum Gasteiger partial charge on any atom is 0.411 e. The fraction of sp³-hybridized carbons (Fsp3) is 0.375. The molecule has 2 aromatic rings. The molecule has 2 amide bonds. The van der Waals surface area contributed by atoms with Crippen molar-refractivity contribution >= 4 is 23.4 Å². The predicted molar refractivity (Wildman–Crippen MR) is 89.6 cm³/mol. The van der Waals surface area contributed by atoms with Gasteiger partial charge in [0.1, 0.15) is 18.7 Å². The molecule has 0 aliphatic heterocycles. The minimum atomic E-state index is -0.525. The third kappa shape index (κ3) is 5.08. The van der Waals surface area contributed by atoms with Gasteiger partial charge in [-0.25, -0.2) is 14.5 Å². The number of nitrogens with zero attached hydrogens (tertiary/aromatic N) is 3. The van der Waals surface area contributed by atoms with Crippen LogP contribution >= 0.6 is 0 Å². The van der Waals surface area contributed by atoms with Crippen molar-refractivity contribution in [3.8, 4) is 0 Å². The molecule has 2 N–H and O–H groups in total. The third-order valence-electron chi connectivity index (χ3n) is 3.14. The Morgan fingerprint density at radius 2 is 1.92 bits per heavy atom. The van der Waals surface area contributed by atoms with E-state index in [9.17, 15) is 9.59 Å². The Labute approximate surface area is 140 Å². The van der Waals surface area contributed by atoms with E-state index >= 15 is 0 Å². The van der Waals surface area contributed by atoms with Crippen molar-refractivity contribution < 1.29 is 14.3 Å². The average Bonchev–Trinajstić information content (AvgIpc) is 3.07. The molecule has 2 rings (SSSR count). The van der Waals surface area contributed by atoms with Gasteiger partial charge >= 0.3 is 6.09 Å². The quantitative estimate of drug-likeness (QED) is 0.848. The van der Waals surface area contributed by atoms with Gasteiger partial charge in [0.2, 0.25) is 5.91 Å². The number of aromatic nitrogens is 3. The molecule has 128 valence electrons. The summed E-state index contributed by atoms with van der Waals surface area (Å²) in [4.78, 5) is 27.7. The zero-order chi connectivity index (χ0) is 17.5. The van der Waals surface area contributed by atoms with Crippen LogP contribution in [-0.2, 0) is 9.53 Å². The van der Waals surface area contributed by atoms with Gasteiger partial charge < -0.3 is 10.1 Å². The lowest BCUT2D eigenvalue weighted by atomic mass is 10.2. The molecule has 0 unspecified atom stereocenters. The standard InChI is InChI=1S/C16H21N5O3/c1-11(2)8-24-16(23)20-14-6-4-5-13(7-14)19-15(22)12(3)21-10-17-9-18-21/h4-7,9-12H,8H2,1-3H3,(H,19,22)(H,20,23)/t12-/m1/s1. The summed E-state index contributed by atoms with van der Waals surface area (Å²) in [6.45, 7) is 5.98. The summed E-state index contributed by atoms with van der Waals surface area (Å²) in [5.74, 6) is 0.0275. The normalized spacial score (nSPS) is 11.8. The number of carbonyl (C=O) groups is 2. The van der Waals surface area contributed by atoms with Crippen LogP contribution in [0.3, 0.4) is 0 Å². The van der Waals surface area contributed by atoms with Gasteiger partial charge in [-0.3, -0.25) is 10.1 Å². The summed E-state index contributed by atoms with van der Waals surface area (Å²) in [5, 5.41) is 9.34. The van der Waals surface area contributed by atoms with Crippen LogP contribution < -0.4 is 10.6 Å². The second-order valence-corrected chi connectivity index (χ2v) is 5.74. The van der Waals surface area contributed by atoms with E-state index < -0.39 is 12.1 Å². The van der Waals surface area contributed by atoms with E-state index in [4.69, 9.17) is 4.74 Å². The molecule has 0 aliphatic carbocycles. The first kappa shape index (κ1) is 17.5. The first-order chi connectivity index (χ1) is 11.5. The largest absolute Gasteiger partial charge is 0.449 e. The highest BCUT2D eigenvalue weighted by Gasteiger charge is 2.15. The zero-order valence-corrected chi connectivity index (χ0v) is 13.9. The van der Waals surface area contributed by atoms with Crippen LogP contribution in [0.1, 0.15) is 26.8 Å². The van der Waals surface area contributed by atoms with E-state index in [1.165, 1.54) is 17.3 Å². The van der Waals surface area contributed by atoms with Crippen molar-refractivity contribution in [2.75, 3.05) is 17.2 Å². The summed E-state index contributed by atoms with van der Waals surface area (Å²) < 4.78 is 6.52. The number of anilines is 2. The van der Waals surface area contributed by atoms with Crippen molar-refractivity contribution in [3.05, 3.63) is 36.9 Å². The SMILES string of the molecule is CC(C)COC(=O)Nc1cccc(NC(=O)[C@@H](C)n2cncn2)c1. The summed E-state index contributed by atoms with van der Waals surface area (Å²) >= 11 is 0. The topological polar surface area (TPSA) is 98.1 Å². The number of hydrogen-bond donors (Lipinski definition) is 2. The van der Waals surface area contributed by atoms with E-state index in [1.807, 2.05) is 13.8 Å². The van der Waals surface area contributed by atoms with Crippen molar-refractivity contribution in [3.63, 3.8) is 0 Å². The van der Waals surface area contributed by atoms with Crippen LogP contribution in [0.25, 0.3) is 0 Å². The van der Waals surface area contributed by atoms with Crippen LogP contribution in [0.15, 0.2) is 36.9 Å². The minimum Gasteiger partial charge on any atom is -0.449 e. The Bertz CT molecular complexity index is 685. The van der Waals surface area contributed by atoms with E-state index in [2.05, 4.69) is 20.7 Å². The summed E-state index contributed by atoms with van der Waals surface area (Å²) in [6.07, 6.45) is 2.33. The molecular weight excluding hydrogens is 310 g/mol.